The molecule has 0 aliphatic carbocycles. The second-order valence-corrected chi connectivity index (χ2v) is 10.9. The number of carboxylic acids is 1. The first kappa shape index (κ1) is 32.7. The zero-order chi connectivity index (χ0) is 29.3. The maximum Gasteiger partial charge on any atom is 0.514 e. The molecule has 1 unspecified atom stereocenters. The van der Waals surface area contributed by atoms with Gasteiger partial charge in [-0.1, -0.05) is 19.9 Å². The summed E-state index contributed by atoms with van der Waals surface area (Å²) in [7, 11) is 0. The van der Waals surface area contributed by atoms with Gasteiger partial charge in [0, 0.05) is 18.9 Å². The Morgan fingerprint density at radius 1 is 0.868 bits per heavy atom. The van der Waals surface area contributed by atoms with Crippen molar-refractivity contribution in [3.05, 3.63) is 23.8 Å². The van der Waals surface area contributed by atoms with E-state index in [1.165, 1.54) is 18.2 Å². The van der Waals surface area contributed by atoms with Gasteiger partial charge in [0.15, 0.2) is 11.5 Å². The lowest BCUT2D eigenvalue weighted by Gasteiger charge is -2.33. The number of rotatable bonds is 11. The molecular formula is C27H41NO10. The Morgan fingerprint density at radius 3 is 1.84 bits per heavy atom. The highest BCUT2D eigenvalue weighted by Crippen LogP contribution is 2.32. The highest BCUT2D eigenvalue weighted by Gasteiger charge is 2.44. The van der Waals surface area contributed by atoms with Crippen molar-refractivity contribution in [1.82, 2.24) is 5.32 Å². The van der Waals surface area contributed by atoms with E-state index in [1.54, 1.807) is 55.4 Å². The molecule has 0 saturated heterocycles. The van der Waals surface area contributed by atoms with Crippen molar-refractivity contribution < 1.29 is 48.0 Å². The van der Waals surface area contributed by atoms with Crippen LogP contribution in [0.5, 0.6) is 11.5 Å². The maximum absolute atomic E-state index is 12.5. The summed E-state index contributed by atoms with van der Waals surface area (Å²) in [5.74, 6) is -2.45. The molecule has 214 valence electrons. The maximum atomic E-state index is 12.5. The zero-order valence-corrected chi connectivity index (χ0v) is 23.8. The van der Waals surface area contributed by atoms with Gasteiger partial charge in [-0.25, -0.2) is 14.4 Å². The normalized spacial score (nSPS) is 14.0. The van der Waals surface area contributed by atoms with E-state index in [0.29, 0.717) is 18.4 Å². The van der Waals surface area contributed by atoms with Crippen LogP contribution < -0.4 is 14.8 Å². The van der Waals surface area contributed by atoms with Gasteiger partial charge in [0.1, 0.15) is 11.2 Å². The van der Waals surface area contributed by atoms with Gasteiger partial charge in [-0.15, -0.1) is 0 Å². The first-order valence-electron chi connectivity index (χ1n) is 12.6. The molecule has 2 N–H and O–H groups in total. The molecule has 0 heterocycles. The van der Waals surface area contributed by atoms with Crippen molar-refractivity contribution in [2.45, 2.75) is 111 Å². The van der Waals surface area contributed by atoms with Crippen LogP contribution in [0.4, 0.5) is 9.59 Å². The fourth-order valence-electron chi connectivity index (χ4n) is 3.08. The van der Waals surface area contributed by atoms with Gasteiger partial charge in [-0.2, -0.15) is 0 Å². The summed E-state index contributed by atoms with van der Waals surface area (Å²) in [6.45, 7) is 15.3. The van der Waals surface area contributed by atoms with E-state index in [2.05, 4.69) is 5.32 Å². The molecule has 0 aliphatic heterocycles. The van der Waals surface area contributed by atoms with Crippen molar-refractivity contribution in [2.24, 2.45) is 0 Å². The van der Waals surface area contributed by atoms with Crippen LogP contribution in [-0.2, 0) is 30.2 Å². The van der Waals surface area contributed by atoms with E-state index in [-0.39, 0.29) is 30.4 Å². The lowest BCUT2D eigenvalue weighted by molar-refractivity contribution is -0.184. The average Bonchev–Trinajstić information content (AvgIpc) is 2.72. The molecule has 1 aromatic carbocycles. The Balaban J connectivity index is 3.48. The van der Waals surface area contributed by atoms with E-state index >= 15 is 0 Å². The van der Waals surface area contributed by atoms with Crippen LogP contribution in [0, 0.1) is 0 Å². The van der Waals surface area contributed by atoms with Crippen LogP contribution in [0.25, 0.3) is 0 Å². The van der Waals surface area contributed by atoms with Gasteiger partial charge in [0.2, 0.25) is 0 Å². The number of hydrogen-bond donors (Lipinski definition) is 2. The molecule has 0 radical (unpaired) electrons. The van der Waals surface area contributed by atoms with Gasteiger partial charge in [0.25, 0.3) is 5.72 Å². The molecule has 0 bridgehead atoms. The van der Waals surface area contributed by atoms with Gasteiger partial charge in [0.05, 0.1) is 0 Å². The number of nitrogens with one attached hydrogen (secondary N) is 1. The van der Waals surface area contributed by atoms with Crippen molar-refractivity contribution >= 4 is 24.2 Å². The third-order valence-electron chi connectivity index (χ3n) is 4.81. The molecule has 0 spiro atoms. The zero-order valence-electron chi connectivity index (χ0n) is 23.8. The van der Waals surface area contributed by atoms with Crippen LogP contribution in [0.3, 0.4) is 0 Å². The summed E-state index contributed by atoms with van der Waals surface area (Å²) in [6.07, 6.45) is -1.35. The smallest absolute Gasteiger partial charge is 0.477 e. The first-order valence-corrected chi connectivity index (χ1v) is 12.6. The monoisotopic (exact) mass is 539 g/mol. The Kier molecular flexibility index (Phi) is 11.6. The molecule has 0 fully saturated rings. The summed E-state index contributed by atoms with van der Waals surface area (Å²) in [5, 5.41) is 13.0. The number of ether oxygens (including phenoxy) is 5. The van der Waals surface area contributed by atoms with Gasteiger partial charge < -0.3 is 28.8 Å². The highest BCUT2D eigenvalue weighted by molar-refractivity contribution is 5.82. The van der Waals surface area contributed by atoms with Gasteiger partial charge >= 0.3 is 24.2 Å². The van der Waals surface area contributed by atoms with Crippen molar-refractivity contribution in [3.63, 3.8) is 0 Å². The van der Waals surface area contributed by atoms with Crippen LogP contribution in [0.2, 0.25) is 0 Å². The summed E-state index contributed by atoms with van der Waals surface area (Å²) in [6, 6.07) is 3.79. The summed E-state index contributed by atoms with van der Waals surface area (Å²) in [5.41, 5.74) is -3.50. The number of carbonyl (C=O) groups excluding carboxylic acids is 3. The molecule has 11 heteroatoms. The summed E-state index contributed by atoms with van der Waals surface area (Å²) < 4.78 is 26.4. The fraction of sp³-hybridized carbons (Fsp3) is 0.630. The second-order valence-electron chi connectivity index (χ2n) is 10.9. The molecule has 0 amide bonds. The second kappa shape index (κ2) is 13.5. The Morgan fingerprint density at radius 2 is 1.39 bits per heavy atom. The molecule has 11 nitrogen and oxygen atoms in total. The SMILES string of the molecule is CCCC(=O)O[C@](Cc1ccc(OC(=O)OC(C)(C)C)c(OC(=O)OC(C)(C)C)c1)(NC(C)CC)C(=O)O. The molecule has 0 saturated carbocycles. The average molecular weight is 540 g/mol. The van der Waals surface area contributed by atoms with Gasteiger partial charge in [-0.05, 0) is 79.0 Å². The van der Waals surface area contributed by atoms with Crippen LogP contribution in [0.1, 0.15) is 87.1 Å². The van der Waals surface area contributed by atoms with E-state index in [1.807, 2.05) is 6.92 Å². The molecule has 2 atom stereocenters. The van der Waals surface area contributed by atoms with Crippen molar-refractivity contribution in [1.29, 1.82) is 0 Å². The van der Waals surface area contributed by atoms with E-state index in [0.717, 1.165) is 0 Å². The predicted molar refractivity (Wildman–Crippen MR) is 138 cm³/mol. The third-order valence-corrected chi connectivity index (χ3v) is 4.81. The summed E-state index contributed by atoms with van der Waals surface area (Å²) in [4.78, 5) is 49.5. The quantitative estimate of drug-likeness (QED) is 0.162. The number of benzene rings is 1. The Bertz CT molecular complexity index is 993. The third kappa shape index (κ3) is 11.4. The first-order chi connectivity index (χ1) is 17.4. The minimum atomic E-state index is -2.10. The van der Waals surface area contributed by atoms with Crippen molar-refractivity contribution in [2.75, 3.05) is 0 Å². The molecule has 1 aromatic rings. The Labute approximate surface area is 224 Å². The molecule has 1 rings (SSSR count). The summed E-state index contributed by atoms with van der Waals surface area (Å²) >= 11 is 0. The van der Waals surface area contributed by atoms with Crippen molar-refractivity contribution in [3.8, 4) is 11.5 Å². The number of aliphatic carboxylic acids is 1. The largest absolute Gasteiger partial charge is 0.514 e. The number of esters is 1. The molecule has 38 heavy (non-hydrogen) atoms. The molecule has 0 aliphatic rings. The Hall–Kier alpha value is -3.34. The molecule has 0 aromatic heterocycles. The van der Waals surface area contributed by atoms with E-state index in [4.69, 9.17) is 23.7 Å². The van der Waals surface area contributed by atoms with Crippen LogP contribution in [-0.4, -0.2) is 52.3 Å². The fourth-order valence-corrected chi connectivity index (χ4v) is 3.08. The lowest BCUT2D eigenvalue weighted by Crippen LogP contribution is -2.59. The van der Waals surface area contributed by atoms with E-state index < -0.39 is 41.2 Å². The minimum absolute atomic E-state index is 0.0346. The lowest BCUT2D eigenvalue weighted by atomic mass is 10.00. The topological polar surface area (TPSA) is 147 Å². The van der Waals surface area contributed by atoms with Crippen LogP contribution in [0.15, 0.2) is 18.2 Å². The van der Waals surface area contributed by atoms with Gasteiger partial charge in [-0.3, -0.25) is 10.1 Å². The number of hydrogen-bond acceptors (Lipinski definition) is 10. The van der Waals surface area contributed by atoms with E-state index in [9.17, 15) is 24.3 Å². The molecular weight excluding hydrogens is 498 g/mol. The number of carbonyl (C=O) groups is 4. The predicted octanol–water partition coefficient (Wildman–Crippen LogP) is 5.37. The van der Waals surface area contributed by atoms with Crippen LogP contribution >= 0.6 is 0 Å². The standard InChI is InChI=1S/C27H41NO10/c1-10-12-21(29)36-27(22(30)31,28-17(3)11-2)16-18-13-14-19(34-23(32)37-25(4,5)6)20(15-18)35-24(33)38-26(7,8)9/h13-15,17,28H,10-12,16H2,1-9H3,(H,30,31)/t17?,27-/m0/s1. The minimum Gasteiger partial charge on any atom is -0.477 e. The highest BCUT2D eigenvalue weighted by atomic mass is 16.8. The number of carboxylic acid groups (broad SMARTS) is 1.